The third-order valence-electron chi connectivity index (χ3n) is 6.18. The van der Waals surface area contributed by atoms with Crippen molar-refractivity contribution in [2.45, 2.75) is 5.41 Å². The SMILES string of the molecule is COc1ccc(-c2[nH]nc3c2[C@]2(C(=O)N(CC(=O)O)c4ccccc42)C(C#N)=C(N)O3)cc1OC. The summed E-state index contributed by atoms with van der Waals surface area (Å²) < 4.78 is 16.4. The van der Waals surface area contributed by atoms with Crippen molar-refractivity contribution in [3.05, 3.63) is 65.0 Å². The predicted molar refractivity (Wildman–Crippen MR) is 122 cm³/mol. The molecule has 2 aliphatic rings. The van der Waals surface area contributed by atoms with Gasteiger partial charge in [-0.25, -0.2) is 0 Å². The number of nitrogens with two attached hydrogens (primary N) is 1. The number of ether oxygens (including phenoxy) is 3. The molecule has 3 heterocycles. The molecule has 0 bridgehead atoms. The number of methoxy groups -OCH3 is 2. The molecule has 1 amide bonds. The van der Waals surface area contributed by atoms with Crippen LogP contribution in [0.1, 0.15) is 11.1 Å². The molecule has 0 unspecified atom stereocenters. The number of amides is 1. The molecule has 2 aromatic carbocycles. The summed E-state index contributed by atoms with van der Waals surface area (Å²) in [5, 5.41) is 26.8. The van der Waals surface area contributed by atoms with Gasteiger partial charge in [0.05, 0.1) is 25.5 Å². The Morgan fingerprint density at radius 2 is 2.00 bits per heavy atom. The summed E-state index contributed by atoms with van der Waals surface area (Å²) in [6.45, 7) is -0.601. The molecule has 2 aliphatic heterocycles. The second-order valence-corrected chi connectivity index (χ2v) is 7.85. The predicted octanol–water partition coefficient (Wildman–Crippen LogP) is 1.90. The van der Waals surface area contributed by atoms with Gasteiger partial charge in [-0.15, -0.1) is 5.10 Å². The summed E-state index contributed by atoms with van der Waals surface area (Å²) in [5.41, 5.74) is 6.14. The van der Waals surface area contributed by atoms with E-state index in [9.17, 15) is 20.0 Å². The van der Waals surface area contributed by atoms with Gasteiger partial charge in [0.2, 0.25) is 17.7 Å². The van der Waals surface area contributed by atoms with E-state index in [4.69, 9.17) is 19.9 Å². The molecule has 0 fully saturated rings. The second-order valence-electron chi connectivity index (χ2n) is 7.85. The van der Waals surface area contributed by atoms with Crippen LogP contribution in [0.2, 0.25) is 0 Å². The van der Waals surface area contributed by atoms with Gasteiger partial charge in [-0.1, -0.05) is 18.2 Å². The quantitative estimate of drug-likeness (QED) is 0.502. The largest absolute Gasteiger partial charge is 0.493 e. The number of carboxylic acids is 1. The maximum atomic E-state index is 14.1. The first-order valence-corrected chi connectivity index (χ1v) is 10.4. The van der Waals surface area contributed by atoms with E-state index in [2.05, 4.69) is 10.2 Å². The summed E-state index contributed by atoms with van der Waals surface area (Å²) in [4.78, 5) is 26.9. The van der Waals surface area contributed by atoms with Gasteiger partial charge in [0.15, 0.2) is 11.5 Å². The maximum Gasteiger partial charge on any atom is 0.323 e. The number of carboxylic acid groups (broad SMARTS) is 1. The summed E-state index contributed by atoms with van der Waals surface area (Å²) >= 11 is 0. The maximum absolute atomic E-state index is 14.1. The Balaban J connectivity index is 1.85. The number of benzene rings is 2. The van der Waals surface area contributed by atoms with E-state index in [0.29, 0.717) is 34.0 Å². The minimum Gasteiger partial charge on any atom is -0.493 e. The summed E-state index contributed by atoms with van der Waals surface area (Å²) in [6, 6.07) is 13.8. The van der Waals surface area contributed by atoms with Gasteiger partial charge in [-0.05, 0) is 24.3 Å². The van der Waals surface area contributed by atoms with Gasteiger partial charge in [-0.3, -0.25) is 19.6 Å². The Morgan fingerprint density at radius 3 is 2.69 bits per heavy atom. The monoisotopic (exact) mass is 473 g/mol. The van der Waals surface area contributed by atoms with Gasteiger partial charge < -0.3 is 25.1 Å². The van der Waals surface area contributed by atoms with Crippen LogP contribution in [0.25, 0.3) is 11.3 Å². The number of carbonyl (C=O) groups is 2. The van der Waals surface area contributed by atoms with Crippen LogP contribution in [-0.4, -0.2) is 47.9 Å². The lowest BCUT2D eigenvalue weighted by atomic mass is 9.68. The zero-order valence-corrected chi connectivity index (χ0v) is 18.7. The van der Waals surface area contributed by atoms with Gasteiger partial charge in [-0.2, -0.15) is 5.26 Å². The zero-order valence-electron chi connectivity index (χ0n) is 18.7. The number of H-pyrrole nitrogens is 1. The molecule has 1 atom stereocenters. The van der Waals surface area contributed by atoms with Crippen molar-refractivity contribution in [1.29, 1.82) is 5.26 Å². The third kappa shape index (κ3) is 2.86. The number of hydrogen-bond acceptors (Lipinski definition) is 8. The molecule has 11 nitrogen and oxygen atoms in total. The number of rotatable bonds is 5. The summed E-state index contributed by atoms with van der Waals surface area (Å²) in [5.74, 6) is -1.21. The van der Waals surface area contributed by atoms with E-state index >= 15 is 0 Å². The van der Waals surface area contributed by atoms with E-state index < -0.39 is 23.8 Å². The van der Waals surface area contributed by atoms with Crippen LogP contribution in [0.3, 0.4) is 0 Å². The van der Waals surface area contributed by atoms with Gasteiger partial charge in [0.1, 0.15) is 23.6 Å². The smallest absolute Gasteiger partial charge is 0.323 e. The van der Waals surface area contributed by atoms with Crippen molar-refractivity contribution in [3.63, 3.8) is 0 Å². The Bertz CT molecular complexity index is 1470. The molecule has 176 valence electrons. The average Bonchev–Trinajstić information content (AvgIpc) is 3.38. The lowest BCUT2D eigenvalue weighted by molar-refractivity contribution is -0.136. The van der Waals surface area contributed by atoms with Gasteiger partial charge in [0, 0.05) is 16.8 Å². The van der Waals surface area contributed by atoms with Gasteiger partial charge >= 0.3 is 5.97 Å². The van der Waals surface area contributed by atoms with E-state index in [-0.39, 0.29) is 22.9 Å². The lowest BCUT2D eigenvalue weighted by Crippen LogP contribution is -2.47. The number of nitrogens with zero attached hydrogens (tertiary/aromatic N) is 3. The highest BCUT2D eigenvalue weighted by molar-refractivity contribution is 6.16. The Morgan fingerprint density at radius 1 is 1.26 bits per heavy atom. The highest BCUT2D eigenvalue weighted by atomic mass is 16.5. The van der Waals surface area contributed by atoms with Crippen molar-refractivity contribution < 1.29 is 28.9 Å². The van der Waals surface area contributed by atoms with Gasteiger partial charge in [0.25, 0.3) is 0 Å². The molecule has 4 N–H and O–H groups in total. The normalized spacial score (nSPS) is 18.1. The minimum absolute atomic E-state index is 0.00612. The van der Waals surface area contributed by atoms with Crippen molar-refractivity contribution in [2.75, 3.05) is 25.7 Å². The second kappa shape index (κ2) is 7.81. The zero-order chi connectivity index (χ0) is 24.9. The van der Waals surface area contributed by atoms with Crippen molar-refractivity contribution in [1.82, 2.24) is 10.2 Å². The lowest BCUT2D eigenvalue weighted by Gasteiger charge is -2.32. The molecule has 0 radical (unpaired) electrons. The van der Waals surface area contributed by atoms with Crippen molar-refractivity contribution in [2.24, 2.45) is 5.73 Å². The van der Waals surface area contributed by atoms with Crippen molar-refractivity contribution in [3.8, 4) is 34.7 Å². The van der Waals surface area contributed by atoms with Crippen LogP contribution in [0.5, 0.6) is 17.4 Å². The first-order chi connectivity index (χ1) is 16.9. The third-order valence-corrected chi connectivity index (χ3v) is 6.18. The molecule has 1 aromatic heterocycles. The molecular weight excluding hydrogens is 454 g/mol. The van der Waals surface area contributed by atoms with E-state index in [0.717, 1.165) is 4.90 Å². The highest BCUT2D eigenvalue weighted by Crippen LogP contribution is 2.57. The molecular formula is C24H19N5O6. The molecule has 3 aromatic rings. The number of fused-ring (bicyclic) bond motifs is 4. The minimum atomic E-state index is -1.77. The number of aliphatic carboxylic acids is 1. The first kappa shape index (κ1) is 21.8. The summed E-state index contributed by atoms with van der Waals surface area (Å²) in [6.07, 6.45) is 0. The standard InChI is InChI=1S/C24H19N5O6/c1-33-16-8-7-12(9-17(16)34-2)20-19-22(28-27-20)35-21(26)14(10-25)24(19)13-5-3-4-6-15(13)29(23(24)32)11-18(30)31/h3-9H,11,26H2,1-2H3,(H,27,28)(H,30,31)/t24-/m1/s1. The molecule has 0 saturated carbocycles. The number of hydrogen-bond donors (Lipinski definition) is 3. The fraction of sp³-hybridized carbons (Fsp3) is 0.167. The number of carbonyl (C=O) groups excluding carboxylic acids is 1. The van der Waals surface area contributed by atoms with Crippen LogP contribution in [-0.2, 0) is 15.0 Å². The van der Waals surface area contributed by atoms with E-state index in [1.807, 2.05) is 6.07 Å². The Hall–Kier alpha value is -4.98. The molecule has 1 spiro atoms. The fourth-order valence-corrected chi connectivity index (χ4v) is 4.78. The molecule has 11 heteroatoms. The highest BCUT2D eigenvalue weighted by Gasteiger charge is 2.61. The average molecular weight is 473 g/mol. The number of anilines is 1. The molecule has 35 heavy (non-hydrogen) atoms. The molecule has 5 rings (SSSR count). The summed E-state index contributed by atoms with van der Waals surface area (Å²) in [7, 11) is 3.00. The number of para-hydroxylation sites is 1. The van der Waals surface area contributed by atoms with Crippen molar-refractivity contribution >= 4 is 17.6 Å². The van der Waals surface area contributed by atoms with Crippen LogP contribution >= 0.6 is 0 Å². The number of aromatic amines is 1. The number of nitriles is 1. The topological polar surface area (TPSA) is 164 Å². The van der Waals surface area contributed by atoms with Crippen LogP contribution in [0.4, 0.5) is 5.69 Å². The molecule has 0 saturated heterocycles. The van der Waals surface area contributed by atoms with Crippen LogP contribution < -0.4 is 24.8 Å². The number of aromatic nitrogens is 2. The van der Waals surface area contributed by atoms with E-state index in [1.54, 1.807) is 42.5 Å². The van der Waals surface area contributed by atoms with E-state index in [1.165, 1.54) is 14.2 Å². The van der Waals surface area contributed by atoms with Crippen LogP contribution in [0.15, 0.2) is 53.9 Å². The first-order valence-electron chi connectivity index (χ1n) is 10.4. The Labute approximate surface area is 198 Å². The fourth-order valence-electron chi connectivity index (χ4n) is 4.78. The number of nitrogens with one attached hydrogen (secondary N) is 1. The molecule has 0 aliphatic carbocycles. The van der Waals surface area contributed by atoms with Crippen LogP contribution in [0, 0.1) is 11.3 Å². The Kier molecular flexibility index (Phi) is 4.87.